The highest BCUT2D eigenvalue weighted by Crippen LogP contribution is 2.21. The molecule has 0 radical (unpaired) electrons. The molecule has 0 bridgehead atoms. The zero-order chi connectivity index (χ0) is 14.7. The Morgan fingerprint density at radius 2 is 1.90 bits per heavy atom. The molecule has 2 aromatic rings. The van der Waals surface area contributed by atoms with Crippen molar-refractivity contribution in [3.05, 3.63) is 42.2 Å². The van der Waals surface area contributed by atoms with Gasteiger partial charge in [0.1, 0.15) is 0 Å². The molecule has 0 saturated heterocycles. The molecule has 3 rings (SSSR count). The van der Waals surface area contributed by atoms with Crippen molar-refractivity contribution in [3.63, 3.8) is 0 Å². The van der Waals surface area contributed by atoms with Crippen LogP contribution < -0.4 is 5.32 Å². The fourth-order valence-corrected chi connectivity index (χ4v) is 2.74. The van der Waals surface area contributed by atoms with Crippen molar-refractivity contribution in [2.45, 2.75) is 38.1 Å². The molecule has 1 saturated carbocycles. The Balaban J connectivity index is 1.76. The van der Waals surface area contributed by atoms with Gasteiger partial charge in [-0.2, -0.15) is 5.10 Å². The van der Waals surface area contributed by atoms with Crippen molar-refractivity contribution in [2.24, 2.45) is 0 Å². The summed E-state index contributed by atoms with van der Waals surface area (Å²) in [5.41, 5.74) is 0.897. The summed E-state index contributed by atoms with van der Waals surface area (Å²) in [5, 5.41) is 17.1. The number of aromatic hydroxyl groups is 1. The standard InChI is InChI=1S/C16H19N3O2/c20-14-11-19(13-9-5-2-6-10-13)18-15(14)16(21)17-12-7-3-1-4-8-12/h2,5-6,9-12,20H,1,3-4,7-8H2,(H,17,21). The van der Waals surface area contributed by atoms with Crippen LogP contribution in [0.15, 0.2) is 36.5 Å². The third-order valence-corrected chi connectivity index (χ3v) is 3.87. The van der Waals surface area contributed by atoms with Gasteiger partial charge in [0, 0.05) is 6.04 Å². The second-order valence-electron chi connectivity index (χ2n) is 5.45. The van der Waals surface area contributed by atoms with Gasteiger partial charge in [0.05, 0.1) is 11.9 Å². The zero-order valence-corrected chi connectivity index (χ0v) is 11.8. The van der Waals surface area contributed by atoms with Crippen LogP contribution in [0.3, 0.4) is 0 Å². The van der Waals surface area contributed by atoms with Crippen LogP contribution >= 0.6 is 0 Å². The fraction of sp³-hybridized carbons (Fsp3) is 0.375. The van der Waals surface area contributed by atoms with E-state index in [9.17, 15) is 9.90 Å². The molecular formula is C16H19N3O2. The molecule has 1 fully saturated rings. The molecule has 2 N–H and O–H groups in total. The first-order valence-corrected chi connectivity index (χ1v) is 7.39. The molecule has 5 heteroatoms. The number of benzene rings is 1. The van der Waals surface area contributed by atoms with Gasteiger partial charge in [-0.15, -0.1) is 0 Å². The lowest BCUT2D eigenvalue weighted by atomic mass is 9.95. The number of nitrogens with zero attached hydrogens (tertiary/aromatic N) is 2. The van der Waals surface area contributed by atoms with Gasteiger partial charge in [-0.25, -0.2) is 4.68 Å². The van der Waals surface area contributed by atoms with E-state index in [-0.39, 0.29) is 23.4 Å². The second kappa shape index (κ2) is 5.99. The van der Waals surface area contributed by atoms with Crippen LogP contribution in [-0.2, 0) is 0 Å². The summed E-state index contributed by atoms with van der Waals surface area (Å²) < 4.78 is 1.52. The molecule has 110 valence electrons. The summed E-state index contributed by atoms with van der Waals surface area (Å²) in [6.45, 7) is 0. The minimum absolute atomic E-state index is 0.0874. The van der Waals surface area contributed by atoms with E-state index in [0.29, 0.717) is 0 Å². The lowest BCUT2D eigenvalue weighted by Gasteiger charge is -2.22. The van der Waals surface area contributed by atoms with E-state index >= 15 is 0 Å². The van der Waals surface area contributed by atoms with E-state index in [1.165, 1.54) is 17.3 Å². The number of aromatic nitrogens is 2. The summed E-state index contributed by atoms with van der Waals surface area (Å²) in [6.07, 6.45) is 7.01. The summed E-state index contributed by atoms with van der Waals surface area (Å²) >= 11 is 0. The van der Waals surface area contributed by atoms with Gasteiger partial charge in [0.2, 0.25) is 0 Å². The van der Waals surface area contributed by atoms with Gasteiger partial charge >= 0.3 is 0 Å². The third-order valence-electron chi connectivity index (χ3n) is 3.87. The normalized spacial score (nSPS) is 15.8. The third kappa shape index (κ3) is 3.07. The first kappa shape index (κ1) is 13.7. The summed E-state index contributed by atoms with van der Waals surface area (Å²) in [7, 11) is 0. The SMILES string of the molecule is O=C(NC1CCCCC1)c1nn(-c2ccccc2)cc1O. The van der Waals surface area contributed by atoms with E-state index in [1.54, 1.807) is 0 Å². The molecule has 1 aliphatic rings. The predicted octanol–water partition coefficient (Wildman–Crippen LogP) is 2.64. The molecule has 0 atom stereocenters. The van der Waals surface area contributed by atoms with E-state index < -0.39 is 0 Å². The van der Waals surface area contributed by atoms with Crippen molar-refractivity contribution in [3.8, 4) is 11.4 Å². The number of hydrogen-bond acceptors (Lipinski definition) is 3. The lowest BCUT2D eigenvalue weighted by Crippen LogP contribution is -2.36. The number of amides is 1. The number of nitrogens with one attached hydrogen (secondary N) is 1. The molecule has 5 nitrogen and oxygen atoms in total. The molecule has 21 heavy (non-hydrogen) atoms. The Morgan fingerprint density at radius 3 is 2.62 bits per heavy atom. The number of hydrogen-bond donors (Lipinski definition) is 2. The number of rotatable bonds is 3. The highest BCUT2D eigenvalue weighted by atomic mass is 16.3. The smallest absolute Gasteiger partial charge is 0.275 e. The molecule has 0 unspecified atom stereocenters. The van der Waals surface area contributed by atoms with Crippen LogP contribution in [0.2, 0.25) is 0 Å². The van der Waals surface area contributed by atoms with Crippen molar-refractivity contribution in [2.75, 3.05) is 0 Å². The number of carbonyl (C=O) groups is 1. The van der Waals surface area contributed by atoms with E-state index in [1.807, 2.05) is 30.3 Å². The molecule has 1 aliphatic carbocycles. The highest BCUT2D eigenvalue weighted by molar-refractivity contribution is 5.95. The summed E-state index contributed by atoms with van der Waals surface area (Å²) in [4.78, 5) is 12.2. The maximum absolute atomic E-state index is 12.2. The van der Waals surface area contributed by atoms with E-state index in [0.717, 1.165) is 31.4 Å². The largest absolute Gasteiger partial charge is 0.504 e. The number of carbonyl (C=O) groups excluding carboxylic acids is 1. The molecular weight excluding hydrogens is 266 g/mol. The van der Waals surface area contributed by atoms with Gasteiger partial charge in [-0.3, -0.25) is 4.79 Å². The van der Waals surface area contributed by atoms with Crippen LogP contribution in [-0.4, -0.2) is 26.8 Å². The lowest BCUT2D eigenvalue weighted by molar-refractivity contribution is 0.0919. The Labute approximate surface area is 123 Å². The first-order valence-electron chi connectivity index (χ1n) is 7.39. The first-order chi connectivity index (χ1) is 10.2. The Morgan fingerprint density at radius 1 is 1.19 bits per heavy atom. The zero-order valence-electron chi connectivity index (χ0n) is 11.8. The average molecular weight is 285 g/mol. The van der Waals surface area contributed by atoms with Gasteiger partial charge in [0.25, 0.3) is 5.91 Å². The van der Waals surface area contributed by atoms with Gasteiger partial charge in [-0.05, 0) is 25.0 Å². The van der Waals surface area contributed by atoms with Crippen molar-refractivity contribution in [1.82, 2.24) is 15.1 Å². The molecule has 0 aliphatic heterocycles. The van der Waals surface area contributed by atoms with Crippen LogP contribution in [0.1, 0.15) is 42.6 Å². The molecule has 1 aromatic carbocycles. The van der Waals surface area contributed by atoms with Crippen LogP contribution in [0.5, 0.6) is 5.75 Å². The Bertz CT molecular complexity index is 616. The van der Waals surface area contributed by atoms with Crippen molar-refractivity contribution < 1.29 is 9.90 Å². The second-order valence-corrected chi connectivity index (χ2v) is 5.45. The van der Waals surface area contributed by atoms with Crippen LogP contribution in [0.25, 0.3) is 5.69 Å². The molecule has 1 aromatic heterocycles. The predicted molar refractivity (Wildman–Crippen MR) is 79.6 cm³/mol. The molecule has 1 heterocycles. The molecule has 0 spiro atoms. The summed E-state index contributed by atoms with van der Waals surface area (Å²) in [5.74, 6) is -0.388. The quantitative estimate of drug-likeness (QED) is 0.911. The topological polar surface area (TPSA) is 67.2 Å². The average Bonchev–Trinajstić information content (AvgIpc) is 2.91. The van der Waals surface area contributed by atoms with Gasteiger partial charge < -0.3 is 10.4 Å². The summed E-state index contributed by atoms with van der Waals surface area (Å²) in [6, 6.07) is 9.62. The monoisotopic (exact) mass is 285 g/mol. The van der Waals surface area contributed by atoms with E-state index in [4.69, 9.17) is 0 Å². The van der Waals surface area contributed by atoms with Crippen molar-refractivity contribution in [1.29, 1.82) is 0 Å². The number of para-hydroxylation sites is 1. The van der Waals surface area contributed by atoms with E-state index in [2.05, 4.69) is 10.4 Å². The van der Waals surface area contributed by atoms with Crippen LogP contribution in [0, 0.1) is 0 Å². The molecule has 1 amide bonds. The van der Waals surface area contributed by atoms with Gasteiger partial charge in [-0.1, -0.05) is 37.5 Å². The van der Waals surface area contributed by atoms with Crippen LogP contribution in [0.4, 0.5) is 0 Å². The van der Waals surface area contributed by atoms with Crippen molar-refractivity contribution >= 4 is 5.91 Å². The maximum Gasteiger partial charge on any atom is 0.275 e. The minimum atomic E-state index is -0.297. The Hall–Kier alpha value is -2.30. The minimum Gasteiger partial charge on any atom is -0.504 e. The fourth-order valence-electron chi connectivity index (χ4n) is 2.74. The highest BCUT2D eigenvalue weighted by Gasteiger charge is 2.21. The maximum atomic E-state index is 12.2. The Kier molecular flexibility index (Phi) is 3.90. The van der Waals surface area contributed by atoms with Gasteiger partial charge in [0.15, 0.2) is 11.4 Å².